The SMILES string of the molecule is Cl[Si](Cl)(Cl)O[Si](Cl)(Cl)Cl.Cl[Si](Cl)(Cl)O[Si](Cl)(Cl)O[Si](Cl)(Cl)Cl. The zero-order valence-corrected chi connectivity index (χ0v) is 24.6. The number of hydrogen-bond donors (Lipinski definition) is 0. The summed E-state index contributed by atoms with van der Waals surface area (Å²) in [6.07, 6.45) is -13.3. The van der Waals surface area contributed by atoms with E-state index in [-0.39, 0.29) is 0 Å². The molecule has 22 heavy (non-hydrogen) atoms. The Labute approximate surface area is 196 Å². The van der Waals surface area contributed by atoms with Gasteiger partial charge in [0.25, 0.3) is 0 Å². The van der Waals surface area contributed by atoms with E-state index in [0.717, 1.165) is 0 Å². The molecule has 0 aromatic carbocycles. The van der Waals surface area contributed by atoms with E-state index in [4.69, 9.17) is 155 Å². The molecule has 0 fully saturated rings. The molecule has 0 heterocycles. The molecule has 0 rings (SSSR count). The summed E-state index contributed by atoms with van der Waals surface area (Å²) in [5, 5.41) is 0. The molecule has 22 heteroatoms. The summed E-state index contributed by atoms with van der Waals surface area (Å²) < 4.78 is 13.8. The van der Waals surface area contributed by atoms with E-state index in [1.54, 1.807) is 0 Å². The van der Waals surface area contributed by atoms with Crippen LogP contribution in [0.3, 0.4) is 0 Å². The largest absolute Gasteiger partial charge is 0.535 e. The van der Waals surface area contributed by atoms with Gasteiger partial charge in [0.1, 0.15) is 0 Å². The van der Waals surface area contributed by atoms with Crippen LogP contribution in [-0.4, -0.2) is 32.2 Å². The fourth-order valence-electron chi connectivity index (χ4n) is 0.422. The lowest BCUT2D eigenvalue weighted by atomic mass is 15.8. The van der Waals surface area contributed by atoms with E-state index < -0.39 is 32.2 Å². The highest BCUT2D eigenvalue weighted by Crippen LogP contribution is 2.36. The minimum absolute atomic E-state index is 3.21. The van der Waals surface area contributed by atoms with Gasteiger partial charge in [0.05, 0.1) is 0 Å². The zero-order valence-electron chi connectivity index (χ0n) is 9.02. The molecule has 0 unspecified atom stereocenters. The highest BCUT2D eigenvalue weighted by molar-refractivity contribution is 7.70. The van der Waals surface area contributed by atoms with Gasteiger partial charge in [0, 0.05) is 0 Å². The Kier molecular flexibility index (Phi) is 15.0. The molecule has 0 radical (unpaired) electrons. The molecule has 136 valence electrons. The van der Waals surface area contributed by atoms with Gasteiger partial charge in [-0.25, -0.2) is 0 Å². The molecular weight excluding hydrogens is 685 g/mol. The van der Waals surface area contributed by atoms with Gasteiger partial charge in [-0.1, -0.05) is 155 Å². The van der Waals surface area contributed by atoms with Gasteiger partial charge in [-0.3, -0.25) is 0 Å². The smallest absolute Gasteiger partial charge is 0.387 e. The number of rotatable bonds is 6. The summed E-state index contributed by atoms with van der Waals surface area (Å²) in [6.45, 7) is 0. The summed E-state index contributed by atoms with van der Waals surface area (Å²) in [4.78, 5) is 0. The molecule has 0 aliphatic heterocycles. The van der Waals surface area contributed by atoms with E-state index in [9.17, 15) is 0 Å². The predicted octanol–water partition coefficient (Wildman–Crippen LogP) is 7.54. The molecule has 0 atom stereocenters. The molecule has 0 amide bonds. The van der Waals surface area contributed by atoms with Crippen molar-refractivity contribution in [1.82, 2.24) is 0 Å². The minimum atomic E-state index is -3.70. The second-order valence-corrected chi connectivity index (χ2v) is 39.2. The molecule has 0 aliphatic rings. The maximum Gasteiger partial charge on any atom is 0.535 e. The predicted molar refractivity (Wildman–Crippen MR) is 114 cm³/mol. The van der Waals surface area contributed by atoms with Gasteiger partial charge < -0.3 is 12.3 Å². The maximum atomic E-state index is 5.53. The van der Waals surface area contributed by atoms with Gasteiger partial charge in [-0.2, -0.15) is 0 Å². The first-order valence-corrected chi connectivity index (χ1v) is 27.5. The average Bonchev–Trinajstić information content (AvgIpc) is 1.82. The summed E-state index contributed by atoms with van der Waals surface area (Å²) >= 11 is 74.7. The lowest BCUT2D eigenvalue weighted by molar-refractivity contribution is 0.468. The van der Waals surface area contributed by atoms with Crippen molar-refractivity contribution >= 4 is 187 Å². The van der Waals surface area contributed by atoms with E-state index in [1.165, 1.54) is 0 Å². The van der Waals surface area contributed by atoms with Crippen LogP contribution in [0.5, 0.6) is 0 Å². The summed E-state index contributed by atoms with van der Waals surface area (Å²) in [5.74, 6) is 0. The van der Waals surface area contributed by atoms with E-state index in [2.05, 4.69) is 12.3 Å². The van der Waals surface area contributed by atoms with Crippen molar-refractivity contribution in [1.29, 1.82) is 0 Å². The lowest BCUT2D eigenvalue weighted by Gasteiger charge is -2.23. The summed E-state index contributed by atoms with van der Waals surface area (Å²) in [5.41, 5.74) is 0. The molecular formula is Cl14O3Si5. The van der Waals surface area contributed by atoms with Crippen LogP contribution in [0, 0.1) is 0 Å². The number of halogens is 14. The Morgan fingerprint density at radius 2 is 0.500 bits per heavy atom. The van der Waals surface area contributed by atoms with Crippen LogP contribution in [0.1, 0.15) is 0 Å². The normalized spacial score (nSPS) is 14.5. The highest BCUT2D eigenvalue weighted by Gasteiger charge is 2.50. The maximum absolute atomic E-state index is 5.53. The average molecular weight is 685 g/mol. The second kappa shape index (κ2) is 11.3. The quantitative estimate of drug-likeness (QED) is 0.214. The summed E-state index contributed by atoms with van der Waals surface area (Å²) in [6, 6.07) is 0. The first kappa shape index (κ1) is 29.2. The van der Waals surface area contributed by atoms with Crippen LogP contribution in [0.15, 0.2) is 0 Å². The highest BCUT2D eigenvalue weighted by atomic mass is 35.9. The summed E-state index contributed by atoms with van der Waals surface area (Å²) in [7, 11) is -3.70. The number of hydrogen-bond acceptors (Lipinski definition) is 3. The van der Waals surface area contributed by atoms with Crippen molar-refractivity contribution in [2.24, 2.45) is 0 Å². The monoisotopic (exact) mass is 677 g/mol. The Morgan fingerprint density at radius 1 is 0.318 bits per heavy atom. The Hall–Kier alpha value is 5.02. The van der Waals surface area contributed by atoms with E-state index in [0.29, 0.717) is 0 Å². The molecule has 0 aromatic heterocycles. The molecule has 0 aliphatic carbocycles. The third kappa shape index (κ3) is 27.2. The standard InChI is InChI=1S/Cl8O2Si3.Cl6OSi2/c1-11(2,3)9-13(7,8)10-12(4,5)6;1-8(2,3)7-9(4,5)6. The molecule has 0 saturated carbocycles. The van der Waals surface area contributed by atoms with Crippen LogP contribution in [0.25, 0.3) is 0 Å². The zero-order chi connectivity index (χ0) is 18.6. The van der Waals surface area contributed by atoms with Crippen LogP contribution in [0.2, 0.25) is 0 Å². The van der Waals surface area contributed by atoms with Gasteiger partial charge >= 0.3 is 32.2 Å². The van der Waals surface area contributed by atoms with Crippen LogP contribution in [0.4, 0.5) is 0 Å². The first-order chi connectivity index (χ1) is 9.12. The van der Waals surface area contributed by atoms with Crippen molar-refractivity contribution in [3.05, 3.63) is 0 Å². The Balaban J connectivity index is 0. The fraction of sp³-hybridized carbons (Fsp3) is 0. The van der Waals surface area contributed by atoms with Crippen molar-refractivity contribution in [3.63, 3.8) is 0 Å². The van der Waals surface area contributed by atoms with Crippen molar-refractivity contribution < 1.29 is 12.3 Å². The van der Waals surface area contributed by atoms with Crippen LogP contribution in [-0.2, 0) is 12.3 Å². The van der Waals surface area contributed by atoms with Crippen LogP contribution < -0.4 is 0 Å². The van der Waals surface area contributed by atoms with Gasteiger partial charge in [0.2, 0.25) is 0 Å². The molecule has 3 nitrogen and oxygen atoms in total. The Morgan fingerprint density at radius 3 is 0.591 bits per heavy atom. The van der Waals surface area contributed by atoms with Crippen molar-refractivity contribution in [3.8, 4) is 0 Å². The Bertz CT molecular complexity index is 289. The third-order valence-corrected chi connectivity index (χ3v) is 17.4. The van der Waals surface area contributed by atoms with Crippen LogP contribution >= 0.6 is 155 Å². The lowest BCUT2D eigenvalue weighted by Crippen LogP contribution is -2.42. The van der Waals surface area contributed by atoms with Gasteiger partial charge in [0.15, 0.2) is 0 Å². The molecule has 0 aromatic rings. The van der Waals surface area contributed by atoms with Gasteiger partial charge in [-0.15, -0.1) is 0 Å². The molecule has 0 spiro atoms. The topological polar surface area (TPSA) is 27.7 Å². The molecule has 0 bridgehead atoms. The molecule has 0 saturated heterocycles. The first-order valence-electron chi connectivity index (χ1n) is 3.87. The van der Waals surface area contributed by atoms with E-state index in [1.807, 2.05) is 0 Å². The minimum Gasteiger partial charge on any atom is -0.387 e. The third-order valence-electron chi connectivity index (χ3n) is 0.701. The van der Waals surface area contributed by atoms with Crippen molar-refractivity contribution in [2.45, 2.75) is 0 Å². The molecule has 0 N–H and O–H groups in total. The van der Waals surface area contributed by atoms with Crippen molar-refractivity contribution in [2.75, 3.05) is 0 Å². The second-order valence-electron chi connectivity index (χ2n) is 2.55. The van der Waals surface area contributed by atoms with Gasteiger partial charge in [-0.05, 0) is 0 Å². The fourth-order valence-corrected chi connectivity index (χ4v) is 27.9. The van der Waals surface area contributed by atoms with E-state index >= 15 is 0 Å².